The fourth-order valence-corrected chi connectivity index (χ4v) is 4.09. The van der Waals surface area contributed by atoms with Gasteiger partial charge >= 0.3 is 24.3 Å². The Kier molecular flexibility index (Phi) is 13.6. The zero-order valence-corrected chi connectivity index (χ0v) is 21.5. The second-order valence-electron chi connectivity index (χ2n) is 9.32. The van der Waals surface area contributed by atoms with Crippen LogP contribution < -0.4 is 0 Å². The van der Waals surface area contributed by atoms with Gasteiger partial charge in [0.2, 0.25) is 0 Å². The van der Waals surface area contributed by atoms with Gasteiger partial charge in [-0.2, -0.15) is 26.3 Å². The molecule has 1 spiro atoms. The predicted octanol–water partition coefficient (Wildman–Crippen LogP) is 4.04. The number of benzene rings is 1. The number of carbonyl (C=O) groups is 2. The molecule has 2 fully saturated rings. The summed E-state index contributed by atoms with van der Waals surface area (Å²) >= 11 is 0. The van der Waals surface area contributed by atoms with Crippen LogP contribution in [0, 0.1) is 11.7 Å². The molecule has 224 valence electrons. The van der Waals surface area contributed by atoms with Crippen molar-refractivity contribution >= 4 is 11.9 Å². The van der Waals surface area contributed by atoms with Crippen LogP contribution in [0.25, 0.3) is 0 Å². The van der Waals surface area contributed by atoms with Crippen LogP contribution in [0.5, 0.6) is 0 Å². The topological polar surface area (TPSA) is 99.5 Å². The van der Waals surface area contributed by atoms with Crippen molar-refractivity contribution in [1.82, 2.24) is 9.80 Å². The largest absolute Gasteiger partial charge is 0.490 e. The molecule has 1 saturated carbocycles. The average molecular weight is 579 g/mol. The quantitative estimate of drug-likeness (QED) is 0.370. The molecule has 1 saturated heterocycles. The smallest absolute Gasteiger partial charge is 0.475 e. The molecule has 0 amide bonds. The van der Waals surface area contributed by atoms with Gasteiger partial charge in [-0.15, -0.1) is 0 Å². The standard InChI is InChI=1S/C20H31FN2O2.2C2HF3O2/c1-22(2)10-12-24-15-18-4-3-9-20(18)16-23(11-13-25-20)14-17-5-7-19(21)8-6-17;2*3-2(4,5)1(6)7/h5-8,18H,3-4,9-16H2,1-2H3;2*(H,6,7)/t18-,20+;;/m1../s1. The molecule has 8 nitrogen and oxygen atoms in total. The van der Waals surface area contributed by atoms with Gasteiger partial charge in [0.15, 0.2) is 0 Å². The Labute approximate surface area is 221 Å². The fourth-order valence-electron chi connectivity index (χ4n) is 4.09. The molecule has 1 aromatic carbocycles. The Bertz CT molecular complexity index is 872. The van der Waals surface area contributed by atoms with E-state index in [0.717, 1.165) is 58.0 Å². The normalized spacial score (nSPS) is 21.6. The highest BCUT2D eigenvalue weighted by Gasteiger charge is 2.47. The number of aliphatic carboxylic acids is 2. The summed E-state index contributed by atoms with van der Waals surface area (Å²) in [6.45, 7) is 6.04. The number of alkyl halides is 6. The van der Waals surface area contributed by atoms with E-state index in [-0.39, 0.29) is 11.4 Å². The third kappa shape index (κ3) is 12.9. The Morgan fingerprint density at radius 3 is 2.10 bits per heavy atom. The van der Waals surface area contributed by atoms with Gasteiger partial charge in [-0.25, -0.2) is 14.0 Å². The molecular formula is C24H33F7N2O6. The fraction of sp³-hybridized carbons (Fsp3) is 0.667. The minimum Gasteiger partial charge on any atom is -0.475 e. The van der Waals surface area contributed by atoms with Crippen LogP contribution in [-0.4, -0.2) is 103 Å². The van der Waals surface area contributed by atoms with E-state index in [2.05, 4.69) is 23.9 Å². The van der Waals surface area contributed by atoms with Gasteiger partial charge in [0.25, 0.3) is 0 Å². The number of hydrogen-bond donors (Lipinski definition) is 2. The Morgan fingerprint density at radius 2 is 1.62 bits per heavy atom. The van der Waals surface area contributed by atoms with Crippen molar-refractivity contribution in [3.63, 3.8) is 0 Å². The second kappa shape index (κ2) is 15.3. The van der Waals surface area contributed by atoms with E-state index in [1.807, 2.05) is 12.1 Å². The third-order valence-electron chi connectivity index (χ3n) is 5.99. The van der Waals surface area contributed by atoms with Crippen LogP contribution in [0.15, 0.2) is 24.3 Å². The van der Waals surface area contributed by atoms with Crippen LogP contribution in [0.2, 0.25) is 0 Å². The SMILES string of the molecule is CN(C)CCOC[C@H]1CCC[C@]12CN(Cc1ccc(F)cc1)CCO2.O=C(O)C(F)(F)F.O=C(O)C(F)(F)F. The third-order valence-corrected chi connectivity index (χ3v) is 5.99. The van der Waals surface area contributed by atoms with Crippen molar-refractivity contribution in [2.45, 2.75) is 43.8 Å². The van der Waals surface area contributed by atoms with Gasteiger partial charge in [0.05, 0.1) is 25.4 Å². The van der Waals surface area contributed by atoms with E-state index in [4.69, 9.17) is 29.3 Å². The number of likely N-dealkylation sites (N-methyl/N-ethyl adjacent to an activating group) is 1. The number of halogens is 7. The van der Waals surface area contributed by atoms with Crippen molar-refractivity contribution in [2.75, 3.05) is 53.6 Å². The highest BCUT2D eigenvalue weighted by Crippen LogP contribution is 2.41. The minimum atomic E-state index is -5.08. The Hall–Kier alpha value is -2.49. The molecule has 15 heteroatoms. The van der Waals surface area contributed by atoms with Gasteiger partial charge in [-0.3, -0.25) is 4.90 Å². The van der Waals surface area contributed by atoms with E-state index in [9.17, 15) is 30.7 Å². The highest BCUT2D eigenvalue weighted by molar-refractivity contribution is 5.73. The van der Waals surface area contributed by atoms with Gasteiger partial charge in [-0.1, -0.05) is 18.6 Å². The summed E-state index contributed by atoms with van der Waals surface area (Å²) in [7, 11) is 4.13. The van der Waals surface area contributed by atoms with E-state index >= 15 is 0 Å². The van der Waals surface area contributed by atoms with Crippen molar-refractivity contribution in [1.29, 1.82) is 0 Å². The molecule has 0 radical (unpaired) electrons. The molecule has 1 aliphatic carbocycles. The van der Waals surface area contributed by atoms with E-state index in [1.165, 1.54) is 12.8 Å². The maximum atomic E-state index is 13.1. The lowest BCUT2D eigenvalue weighted by molar-refractivity contribution is -0.193. The molecule has 3 rings (SSSR count). The van der Waals surface area contributed by atoms with Crippen LogP contribution in [0.1, 0.15) is 24.8 Å². The van der Waals surface area contributed by atoms with E-state index in [0.29, 0.717) is 5.92 Å². The first kappa shape index (κ1) is 34.5. The first-order valence-electron chi connectivity index (χ1n) is 11.9. The lowest BCUT2D eigenvalue weighted by Gasteiger charge is -2.44. The molecule has 0 unspecified atom stereocenters. The molecule has 1 heterocycles. The first-order chi connectivity index (χ1) is 18.0. The molecule has 0 aromatic heterocycles. The zero-order chi connectivity index (χ0) is 29.9. The van der Waals surface area contributed by atoms with Gasteiger partial charge in [-0.05, 0) is 44.6 Å². The zero-order valence-electron chi connectivity index (χ0n) is 21.5. The van der Waals surface area contributed by atoms with Gasteiger partial charge < -0.3 is 24.6 Å². The number of hydrogen-bond acceptors (Lipinski definition) is 6. The molecule has 1 aliphatic heterocycles. The molecule has 1 aromatic rings. The van der Waals surface area contributed by atoms with Gasteiger partial charge in [0, 0.05) is 32.1 Å². The number of ether oxygens (including phenoxy) is 2. The lowest BCUT2D eigenvalue weighted by atomic mass is 9.89. The molecule has 2 aliphatic rings. The maximum absolute atomic E-state index is 13.1. The monoisotopic (exact) mass is 578 g/mol. The highest BCUT2D eigenvalue weighted by atomic mass is 19.4. The molecule has 39 heavy (non-hydrogen) atoms. The lowest BCUT2D eigenvalue weighted by Crippen LogP contribution is -2.54. The average Bonchev–Trinajstić information content (AvgIpc) is 3.19. The molecule has 2 atom stereocenters. The number of carboxylic acid groups (broad SMARTS) is 2. The molecule has 2 N–H and O–H groups in total. The summed E-state index contributed by atoms with van der Waals surface area (Å²) in [5, 5.41) is 14.2. The summed E-state index contributed by atoms with van der Waals surface area (Å²) in [5.74, 6) is -5.21. The Balaban J connectivity index is 0.000000449. The minimum absolute atomic E-state index is 0.0591. The van der Waals surface area contributed by atoms with Crippen LogP contribution in [0.3, 0.4) is 0 Å². The van der Waals surface area contributed by atoms with Crippen molar-refractivity contribution in [3.8, 4) is 0 Å². The number of morpholine rings is 1. The van der Waals surface area contributed by atoms with Crippen LogP contribution >= 0.6 is 0 Å². The summed E-state index contributed by atoms with van der Waals surface area (Å²) in [6.07, 6.45) is -6.65. The first-order valence-corrected chi connectivity index (χ1v) is 11.9. The number of rotatable bonds is 7. The number of carboxylic acids is 2. The van der Waals surface area contributed by atoms with E-state index in [1.54, 1.807) is 12.1 Å². The summed E-state index contributed by atoms with van der Waals surface area (Å²) in [6, 6.07) is 6.85. The summed E-state index contributed by atoms with van der Waals surface area (Å²) < 4.78 is 88.8. The molecular weight excluding hydrogens is 545 g/mol. The summed E-state index contributed by atoms with van der Waals surface area (Å²) in [4.78, 5) is 22.4. The van der Waals surface area contributed by atoms with Gasteiger partial charge in [0.1, 0.15) is 5.82 Å². The van der Waals surface area contributed by atoms with Crippen molar-refractivity contribution in [2.24, 2.45) is 5.92 Å². The van der Waals surface area contributed by atoms with Crippen LogP contribution in [0.4, 0.5) is 30.7 Å². The Morgan fingerprint density at radius 1 is 1.08 bits per heavy atom. The second-order valence-corrected chi connectivity index (χ2v) is 9.32. The predicted molar refractivity (Wildman–Crippen MR) is 124 cm³/mol. The number of nitrogens with zero attached hydrogens (tertiary/aromatic N) is 2. The molecule has 0 bridgehead atoms. The van der Waals surface area contributed by atoms with E-state index < -0.39 is 24.3 Å². The summed E-state index contributed by atoms with van der Waals surface area (Å²) in [5.41, 5.74) is 1.10. The van der Waals surface area contributed by atoms with Crippen molar-refractivity contribution < 1.29 is 60.0 Å². The maximum Gasteiger partial charge on any atom is 0.490 e. The van der Waals surface area contributed by atoms with Crippen LogP contribution in [-0.2, 0) is 25.6 Å². The van der Waals surface area contributed by atoms with Crippen molar-refractivity contribution in [3.05, 3.63) is 35.6 Å².